The van der Waals surface area contributed by atoms with Gasteiger partial charge in [-0.25, -0.2) is 4.39 Å². The van der Waals surface area contributed by atoms with E-state index in [0.29, 0.717) is 29.4 Å². The lowest BCUT2D eigenvalue weighted by Gasteiger charge is -2.37. The zero-order valence-electron chi connectivity index (χ0n) is 22.4. The molecule has 0 saturated heterocycles. The van der Waals surface area contributed by atoms with Gasteiger partial charge in [0.15, 0.2) is 10.8 Å². The predicted molar refractivity (Wildman–Crippen MR) is 142 cm³/mol. The first-order valence-corrected chi connectivity index (χ1v) is 12.9. The van der Waals surface area contributed by atoms with Crippen molar-refractivity contribution in [3.63, 3.8) is 0 Å². The summed E-state index contributed by atoms with van der Waals surface area (Å²) in [6.07, 6.45) is 2.53. The molecule has 0 saturated carbocycles. The second kappa shape index (κ2) is 13.2. The van der Waals surface area contributed by atoms with Crippen LogP contribution in [0.1, 0.15) is 63.5 Å². The lowest BCUT2D eigenvalue weighted by atomic mass is 10.0. The van der Waals surface area contributed by atoms with Crippen LogP contribution in [0.2, 0.25) is 0 Å². The average molecular weight is 531 g/mol. The van der Waals surface area contributed by atoms with Crippen LogP contribution in [0.3, 0.4) is 0 Å². The zero-order valence-corrected chi connectivity index (χ0v) is 23.2. The van der Waals surface area contributed by atoms with Crippen molar-refractivity contribution in [3.05, 3.63) is 63.1 Å². The highest BCUT2D eigenvalue weighted by molar-refractivity contribution is 7.12. The molecule has 200 valence electrons. The number of nitrogens with zero attached hydrogens (tertiary/aromatic N) is 4. The van der Waals surface area contributed by atoms with Crippen LogP contribution in [-0.4, -0.2) is 68.4 Å². The van der Waals surface area contributed by atoms with Gasteiger partial charge in [0, 0.05) is 39.0 Å². The Kier molecular flexibility index (Phi) is 10.7. The number of carbonyl (C=O) groups is 3. The quantitative estimate of drug-likeness (QED) is 0.337. The zero-order chi connectivity index (χ0) is 27.9. The molecule has 2 aromatic rings. The fourth-order valence-corrected chi connectivity index (χ4v) is 4.78. The fourth-order valence-electron chi connectivity index (χ4n) is 3.84. The second-order valence-corrected chi connectivity index (χ2v) is 10.1. The predicted octanol–water partition coefficient (Wildman–Crippen LogP) is 4.57. The Morgan fingerprint density at radius 3 is 2.27 bits per heavy atom. The van der Waals surface area contributed by atoms with Gasteiger partial charge in [0.1, 0.15) is 10.8 Å². The number of halogens is 1. The Morgan fingerprint density at radius 2 is 1.76 bits per heavy atom. The maximum atomic E-state index is 13.4. The molecule has 0 aliphatic carbocycles. The minimum Gasteiger partial charge on any atom is -0.504 e. The van der Waals surface area contributed by atoms with E-state index in [1.165, 1.54) is 48.3 Å². The molecule has 1 heterocycles. The third-order valence-electron chi connectivity index (χ3n) is 6.07. The monoisotopic (exact) mass is 530 g/mol. The molecular weight excluding hydrogens is 495 g/mol. The van der Waals surface area contributed by atoms with Gasteiger partial charge in [-0.3, -0.25) is 14.4 Å². The Labute approximate surface area is 221 Å². The van der Waals surface area contributed by atoms with Crippen LogP contribution in [0, 0.1) is 5.82 Å². The van der Waals surface area contributed by atoms with Crippen LogP contribution in [0.25, 0.3) is 5.57 Å². The van der Waals surface area contributed by atoms with E-state index in [0.717, 1.165) is 5.56 Å². The molecule has 1 aromatic carbocycles. The van der Waals surface area contributed by atoms with Crippen molar-refractivity contribution in [2.24, 2.45) is 0 Å². The summed E-state index contributed by atoms with van der Waals surface area (Å²) in [4.78, 5) is 41.5. The van der Waals surface area contributed by atoms with Crippen molar-refractivity contribution in [2.75, 3.05) is 13.6 Å². The lowest BCUT2D eigenvalue weighted by molar-refractivity contribution is -0.135. The Morgan fingerprint density at radius 1 is 1.14 bits per heavy atom. The Bertz CT molecular complexity index is 1190. The van der Waals surface area contributed by atoms with Crippen LogP contribution in [0.15, 0.2) is 41.7 Å². The molecule has 0 aliphatic heterocycles. The standard InChI is InChI=1S/C27H35FN4O4S/c1-8-21(15-31(7)18(6)33)32(16(3)4)27(36)17(5)24(34)25(35)22(9-2)26-30-29-23(37-26)14-19-10-12-20(28)13-11-19/h9-13,16,21,34H,8,14-15H2,1-7H3/b22-9+,24-17-/t21-/m0/s1. The number of ketones is 1. The molecule has 1 aromatic heterocycles. The first-order chi connectivity index (χ1) is 17.4. The SMILES string of the molecule is C/C=C(\C(=O)/C(O)=C(\C)C(=O)N(C(C)C)[C@@H](CC)CN(C)C(C)=O)c1nnc(Cc2ccc(F)cc2)s1. The number of aromatic nitrogens is 2. The topological polar surface area (TPSA) is 104 Å². The average Bonchev–Trinajstić information content (AvgIpc) is 3.31. The van der Waals surface area contributed by atoms with Gasteiger partial charge in [-0.15, -0.1) is 10.2 Å². The summed E-state index contributed by atoms with van der Waals surface area (Å²) in [5.74, 6) is -2.31. The summed E-state index contributed by atoms with van der Waals surface area (Å²) in [7, 11) is 1.67. The minimum absolute atomic E-state index is 0.0852. The Balaban J connectivity index is 2.29. The molecule has 0 radical (unpaired) electrons. The molecule has 10 heteroatoms. The van der Waals surface area contributed by atoms with Crippen LogP contribution >= 0.6 is 11.3 Å². The minimum atomic E-state index is -0.726. The molecule has 37 heavy (non-hydrogen) atoms. The van der Waals surface area contributed by atoms with Crippen LogP contribution < -0.4 is 0 Å². The molecule has 0 aliphatic rings. The second-order valence-electron chi connectivity index (χ2n) is 9.08. The highest BCUT2D eigenvalue weighted by Crippen LogP contribution is 2.26. The summed E-state index contributed by atoms with van der Waals surface area (Å²) in [5.41, 5.74) is 0.890. The van der Waals surface area contributed by atoms with Crippen molar-refractivity contribution in [3.8, 4) is 0 Å². The summed E-state index contributed by atoms with van der Waals surface area (Å²) in [6.45, 7) is 10.5. The molecule has 0 bridgehead atoms. The number of hydrogen-bond acceptors (Lipinski definition) is 7. The molecule has 2 rings (SSSR count). The molecule has 1 N–H and O–H groups in total. The van der Waals surface area contributed by atoms with Crippen LogP contribution in [-0.2, 0) is 20.8 Å². The van der Waals surface area contributed by atoms with Crippen molar-refractivity contribution >= 4 is 34.5 Å². The van der Waals surface area contributed by atoms with Gasteiger partial charge in [0.05, 0.1) is 11.1 Å². The van der Waals surface area contributed by atoms with E-state index >= 15 is 0 Å². The van der Waals surface area contributed by atoms with E-state index in [9.17, 15) is 23.9 Å². The van der Waals surface area contributed by atoms with Crippen molar-refractivity contribution in [1.29, 1.82) is 0 Å². The molecule has 0 fully saturated rings. The number of benzene rings is 1. The molecule has 2 amide bonds. The number of aliphatic hydroxyl groups is 1. The summed E-state index contributed by atoms with van der Waals surface area (Å²) in [6, 6.07) is 5.51. The maximum Gasteiger partial charge on any atom is 0.253 e. The Hall–Kier alpha value is -3.40. The number of rotatable bonds is 11. The summed E-state index contributed by atoms with van der Waals surface area (Å²) in [5, 5.41) is 20.0. The lowest BCUT2D eigenvalue weighted by Crippen LogP contribution is -2.50. The fraction of sp³-hybridized carbons (Fsp3) is 0.444. The molecule has 0 unspecified atom stereocenters. The number of carbonyl (C=O) groups excluding carboxylic acids is 3. The number of allylic oxidation sites excluding steroid dienone is 2. The van der Waals surface area contributed by atoms with Gasteiger partial charge in [-0.05, 0) is 51.8 Å². The first-order valence-electron chi connectivity index (χ1n) is 12.1. The normalized spacial score (nSPS) is 13.3. The summed E-state index contributed by atoms with van der Waals surface area (Å²) < 4.78 is 13.2. The highest BCUT2D eigenvalue weighted by atomic mass is 32.1. The van der Waals surface area contributed by atoms with Crippen molar-refractivity contribution < 1.29 is 23.9 Å². The molecule has 1 atom stereocenters. The highest BCUT2D eigenvalue weighted by Gasteiger charge is 2.31. The number of amides is 2. The number of Topliss-reactive ketones (excluding diaryl/α,β-unsaturated/α-hetero) is 1. The number of likely N-dealkylation sites (N-methyl/N-ethyl adjacent to an activating group) is 1. The first kappa shape index (κ1) is 29.8. The summed E-state index contributed by atoms with van der Waals surface area (Å²) >= 11 is 1.19. The van der Waals surface area contributed by atoms with E-state index < -0.39 is 17.4 Å². The largest absolute Gasteiger partial charge is 0.504 e. The molecule has 0 spiro atoms. The van der Waals surface area contributed by atoms with Gasteiger partial charge < -0.3 is 14.9 Å². The third-order valence-corrected chi connectivity index (χ3v) is 7.02. The van der Waals surface area contributed by atoms with Gasteiger partial charge in [-0.2, -0.15) is 0 Å². The van der Waals surface area contributed by atoms with Gasteiger partial charge >= 0.3 is 0 Å². The van der Waals surface area contributed by atoms with Crippen LogP contribution in [0.4, 0.5) is 4.39 Å². The van der Waals surface area contributed by atoms with E-state index in [-0.39, 0.29) is 35.0 Å². The van der Waals surface area contributed by atoms with Gasteiger partial charge in [0.25, 0.3) is 5.91 Å². The maximum absolute atomic E-state index is 13.4. The van der Waals surface area contributed by atoms with E-state index in [2.05, 4.69) is 10.2 Å². The van der Waals surface area contributed by atoms with E-state index in [1.54, 1.807) is 31.0 Å². The van der Waals surface area contributed by atoms with Gasteiger partial charge in [0.2, 0.25) is 11.7 Å². The van der Waals surface area contributed by atoms with E-state index in [4.69, 9.17) is 0 Å². The smallest absolute Gasteiger partial charge is 0.253 e. The van der Waals surface area contributed by atoms with Crippen molar-refractivity contribution in [2.45, 2.75) is 66.5 Å². The third kappa shape index (κ3) is 7.55. The molecule has 8 nitrogen and oxygen atoms in total. The molecular formula is C27H35FN4O4S. The van der Waals surface area contributed by atoms with Gasteiger partial charge in [-0.1, -0.05) is 36.5 Å². The van der Waals surface area contributed by atoms with Crippen LogP contribution in [0.5, 0.6) is 0 Å². The van der Waals surface area contributed by atoms with Crippen molar-refractivity contribution in [1.82, 2.24) is 20.0 Å². The number of hydrogen-bond donors (Lipinski definition) is 1. The number of aliphatic hydroxyl groups excluding tert-OH is 1. The van der Waals surface area contributed by atoms with E-state index in [1.807, 2.05) is 20.8 Å².